The number of hydrogen-bond acceptors (Lipinski definition) is 4. The molecule has 1 fully saturated rings. The molecule has 1 aliphatic rings. The van der Waals surface area contributed by atoms with Gasteiger partial charge in [-0.2, -0.15) is 0 Å². The summed E-state index contributed by atoms with van der Waals surface area (Å²) in [7, 11) is 0. The first kappa shape index (κ1) is 12.6. The summed E-state index contributed by atoms with van der Waals surface area (Å²) in [6.07, 6.45) is 1.59. The van der Waals surface area contributed by atoms with Crippen LogP contribution in [-0.2, 0) is 4.79 Å². The van der Waals surface area contributed by atoms with Crippen molar-refractivity contribution in [2.24, 2.45) is 0 Å². The smallest absolute Gasteiger partial charge is 0.324 e. The molecule has 2 rings (SSSR count). The van der Waals surface area contributed by atoms with Gasteiger partial charge in [0.05, 0.1) is 18.3 Å². The summed E-state index contributed by atoms with van der Waals surface area (Å²) in [4.78, 5) is 24.6. The van der Waals surface area contributed by atoms with Crippen LogP contribution in [0.15, 0.2) is 22.8 Å². The molecule has 1 aliphatic heterocycles. The van der Waals surface area contributed by atoms with E-state index in [0.717, 1.165) is 5.76 Å². The molecule has 18 heavy (non-hydrogen) atoms. The fraction of sp³-hybridized carbons (Fsp3) is 0.500. The Morgan fingerprint density at radius 2 is 2.33 bits per heavy atom. The number of nitrogens with one attached hydrogen (secondary N) is 2. The van der Waals surface area contributed by atoms with Crippen LogP contribution in [0.4, 0.5) is 4.79 Å². The van der Waals surface area contributed by atoms with Crippen molar-refractivity contribution in [2.75, 3.05) is 13.1 Å². The number of carbonyl (C=O) groups is 2. The van der Waals surface area contributed by atoms with Gasteiger partial charge in [0.25, 0.3) is 0 Å². The largest absolute Gasteiger partial charge is 0.468 e. The van der Waals surface area contributed by atoms with Crippen molar-refractivity contribution < 1.29 is 14.0 Å². The van der Waals surface area contributed by atoms with Gasteiger partial charge in [-0.3, -0.25) is 15.0 Å². The zero-order valence-electron chi connectivity index (χ0n) is 10.5. The van der Waals surface area contributed by atoms with Crippen molar-refractivity contribution in [3.05, 3.63) is 24.2 Å². The molecular formula is C12H17N3O3. The highest BCUT2D eigenvalue weighted by atomic mass is 16.3. The Balaban J connectivity index is 1.93. The van der Waals surface area contributed by atoms with Gasteiger partial charge in [0.15, 0.2) is 0 Å². The number of rotatable bonds is 4. The van der Waals surface area contributed by atoms with Gasteiger partial charge in [-0.1, -0.05) is 0 Å². The van der Waals surface area contributed by atoms with E-state index in [1.54, 1.807) is 19.3 Å². The Kier molecular flexibility index (Phi) is 3.66. The minimum Gasteiger partial charge on any atom is -0.468 e. The maximum atomic E-state index is 12.0. The second-order valence-corrected chi connectivity index (χ2v) is 4.35. The van der Waals surface area contributed by atoms with Gasteiger partial charge in [-0.05, 0) is 26.0 Å². The maximum Gasteiger partial charge on any atom is 0.324 e. The fourth-order valence-electron chi connectivity index (χ4n) is 1.98. The van der Waals surface area contributed by atoms with Gasteiger partial charge >= 0.3 is 6.03 Å². The molecule has 0 spiro atoms. The minimum absolute atomic E-state index is 0.0791. The number of urea groups is 1. The van der Waals surface area contributed by atoms with Crippen LogP contribution in [0.5, 0.6) is 0 Å². The predicted molar refractivity (Wildman–Crippen MR) is 64.8 cm³/mol. The first-order chi connectivity index (χ1) is 8.59. The zero-order valence-corrected chi connectivity index (χ0v) is 10.5. The number of furan rings is 1. The normalized spacial score (nSPS) is 18.6. The molecule has 0 aliphatic carbocycles. The van der Waals surface area contributed by atoms with Gasteiger partial charge in [0, 0.05) is 13.1 Å². The molecule has 1 aromatic heterocycles. The summed E-state index contributed by atoms with van der Waals surface area (Å²) < 4.78 is 5.26. The van der Waals surface area contributed by atoms with Crippen molar-refractivity contribution >= 4 is 11.9 Å². The second-order valence-electron chi connectivity index (χ2n) is 4.35. The third-order valence-corrected chi connectivity index (χ3v) is 2.96. The van der Waals surface area contributed by atoms with Crippen LogP contribution in [-0.4, -0.2) is 36.0 Å². The van der Waals surface area contributed by atoms with Crippen LogP contribution in [0.25, 0.3) is 0 Å². The monoisotopic (exact) mass is 251 g/mol. The van der Waals surface area contributed by atoms with Crippen LogP contribution in [0, 0.1) is 0 Å². The third kappa shape index (κ3) is 2.53. The van der Waals surface area contributed by atoms with E-state index in [2.05, 4.69) is 10.6 Å². The number of nitrogens with zero attached hydrogens (tertiary/aromatic N) is 1. The second kappa shape index (κ2) is 5.22. The zero-order chi connectivity index (χ0) is 13.1. The van der Waals surface area contributed by atoms with Crippen LogP contribution < -0.4 is 10.6 Å². The number of imide groups is 1. The van der Waals surface area contributed by atoms with Gasteiger partial charge in [-0.25, -0.2) is 4.79 Å². The van der Waals surface area contributed by atoms with Gasteiger partial charge in [0.1, 0.15) is 5.76 Å². The quantitative estimate of drug-likeness (QED) is 0.832. The molecule has 2 N–H and O–H groups in total. The molecule has 1 aromatic rings. The van der Waals surface area contributed by atoms with E-state index < -0.39 is 6.04 Å². The lowest BCUT2D eigenvalue weighted by atomic mass is 10.2. The SMILES string of the molecule is C[C@H](N[C@H](C)c1ccco1)C(=O)N1CCNC1=O. The van der Waals surface area contributed by atoms with E-state index in [1.165, 1.54) is 4.90 Å². The Labute approximate surface area is 105 Å². The summed E-state index contributed by atoms with van der Waals surface area (Å²) in [5, 5.41) is 5.72. The summed E-state index contributed by atoms with van der Waals surface area (Å²) >= 11 is 0. The van der Waals surface area contributed by atoms with Gasteiger partial charge in [-0.15, -0.1) is 0 Å². The topological polar surface area (TPSA) is 74.6 Å². The molecule has 2 heterocycles. The summed E-state index contributed by atoms with van der Waals surface area (Å²) in [5.74, 6) is 0.545. The summed E-state index contributed by atoms with van der Waals surface area (Å²) in [6, 6.07) is 2.81. The van der Waals surface area contributed by atoms with Crippen molar-refractivity contribution in [3.63, 3.8) is 0 Å². The Bertz CT molecular complexity index is 430. The Morgan fingerprint density at radius 3 is 2.89 bits per heavy atom. The lowest BCUT2D eigenvalue weighted by Gasteiger charge is -2.21. The summed E-state index contributed by atoms with van der Waals surface area (Å²) in [6.45, 7) is 4.60. The molecule has 3 amide bonds. The number of hydrogen-bond donors (Lipinski definition) is 2. The van der Waals surface area contributed by atoms with E-state index >= 15 is 0 Å². The lowest BCUT2D eigenvalue weighted by Crippen LogP contribution is -2.46. The average molecular weight is 251 g/mol. The molecular weight excluding hydrogens is 234 g/mol. The molecule has 0 saturated carbocycles. The van der Waals surface area contributed by atoms with Crippen LogP contribution in [0.2, 0.25) is 0 Å². The van der Waals surface area contributed by atoms with Crippen molar-refractivity contribution in [1.29, 1.82) is 0 Å². The van der Waals surface area contributed by atoms with Crippen molar-refractivity contribution in [3.8, 4) is 0 Å². The minimum atomic E-state index is -0.436. The van der Waals surface area contributed by atoms with Crippen LogP contribution in [0.1, 0.15) is 25.6 Å². The van der Waals surface area contributed by atoms with Crippen LogP contribution >= 0.6 is 0 Å². The van der Waals surface area contributed by atoms with Crippen molar-refractivity contribution in [2.45, 2.75) is 25.9 Å². The number of carbonyl (C=O) groups excluding carboxylic acids is 2. The molecule has 0 bridgehead atoms. The highest BCUT2D eigenvalue weighted by Crippen LogP contribution is 2.13. The lowest BCUT2D eigenvalue weighted by molar-refractivity contribution is -0.129. The standard InChI is InChI=1S/C12H17N3O3/c1-8(10-4-3-7-18-10)14-9(2)11(16)15-6-5-13-12(15)17/h3-4,7-9,14H,5-6H2,1-2H3,(H,13,17)/t8-,9+/m1/s1. The fourth-order valence-corrected chi connectivity index (χ4v) is 1.98. The highest BCUT2D eigenvalue weighted by Gasteiger charge is 2.30. The highest BCUT2D eigenvalue weighted by molar-refractivity contribution is 5.98. The summed E-state index contributed by atoms with van der Waals surface area (Å²) in [5.41, 5.74) is 0. The molecule has 98 valence electrons. The first-order valence-corrected chi connectivity index (χ1v) is 5.98. The molecule has 6 heteroatoms. The van der Waals surface area contributed by atoms with E-state index in [1.807, 2.05) is 13.0 Å². The molecule has 0 radical (unpaired) electrons. The van der Waals surface area contributed by atoms with Gasteiger partial charge < -0.3 is 9.73 Å². The van der Waals surface area contributed by atoms with E-state index in [4.69, 9.17) is 4.42 Å². The predicted octanol–water partition coefficient (Wildman–Crippen LogP) is 0.871. The van der Waals surface area contributed by atoms with Crippen LogP contribution in [0.3, 0.4) is 0 Å². The molecule has 1 saturated heterocycles. The molecule has 2 atom stereocenters. The molecule has 0 unspecified atom stereocenters. The first-order valence-electron chi connectivity index (χ1n) is 5.98. The van der Waals surface area contributed by atoms with E-state index in [0.29, 0.717) is 13.1 Å². The van der Waals surface area contributed by atoms with E-state index in [-0.39, 0.29) is 18.0 Å². The maximum absolute atomic E-state index is 12.0. The van der Waals surface area contributed by atoms with Gasteiger partial charge in [0.2, 0.25) is 5.91 Å². The molecule has 0 aromatic carbocycles. The molecule has 6 nitrogen and oxygen atoms in total. The Hall–Kier alpha value is -1.82. The number of amides is 3. The van der Waals surface area contributed by atoms with Crippen molar-refractivity contribution in [1.82, 2.24) is 15.5 Å². The third-order valence-electron chi connectivity index (χ3n) is 2.96. The Morgan fingerprint density at radius 1 is 1.56 bits per heavy atom. The van der Waals surface area contributed by atoms with E-state index in [9.17, 15) is 9.59 Å². The average Bonchev–Trinajstić information content (AvgIpc) is 2.98.